The van der Waals surface area contributed by atoms with Crippen LogP contribution in [-0.4, -0.2) is 13.9 Å². The minimum Gasteiger partial charge on any atom is -0.276 e. The minimum atomic E-state index is -5.41. The molecule has 1 N–H and O–H groups in total. The van der Waals surface area contributed by atoms with Crippen LogP contribution in [0.15, 0.2) is 48.5 Å². The highest BCUT2D eigenvalue weighted by molar-refractivity contribution is 7.93. The summed E-state index contributed by atoms with van der Waals surface area (Å²) in [5.74, 6) is 0. The first kappa shape index (κ1) is 14.4. The van der Waals surface area contributed by atoms with Gasteiger partial charge in [0.1, 0.15) is 0 Å². The van der Waals surface area contributed by atoms with Crippen LogP contribution in [0, 0.1) is 6.07 Å². The van der Waals surface area contributed by atoms with E-state index in [-0.39, 0.29) is 5.69 Å². The van der Waals surface area contributed by atoms with Crippen molar-refractivity contribution in [2.45, 2.75) is 5.51 Å². The van der Waals surface area contributed by atoms with E-state index in [2.05, 4.69) is 6.07 Å². The lowest BCUT2D eigenvalue weighted by molar-refractivity contribution is -0.0429. The number of benzene rings is 2. The van der Waals surface area contributed by atoms with Crippen molar-refractivity contribution >= 4 is 15.7 Å². The van der Waals surface area contributed by atoms with Crippen LogP contribution < -0.4 is 4.72 Å². The van der Waals surface area contributed by atoms with Gasteiger partial charge in [-0.3, -0.25) is 4.72 Å². The molecule has 0 spiro atoms. The summed E-state index contributed by atoms with van der Waals surface area (Å²) in [6.45, 7) is 0. The average molecular weight is 300 g/mol. The van der Waals surface area contributed by atoms with Crippen molar-refractivity contribution in [1.29, 1.82) is 0 Å². The van der Waals surface area contributed by atoms with Gasteiger partial charge in [0.2, 0.25) is 0 Å². The van der Waals surface area contributed by atoms with E-state index in [9.17, 15) is 21.6 Å². The molecule has 0 heterocycles. The zero-order chi connectivity index (χ0) is 14.8. The summed E-state index contributed by atoms with van der Waals surface area (Å²) in [5.41, 5.74) is -4.14. The van der Waals surface area contributed by atoms with Gasteiger partial charge in [-0.25, -0.2) is 0 Å². The van der Waals surface area contributed by atoms with Crippen molar-refractivity contribution in [1.82, 2.24) is 0 Å². The van der Waals surface area contributed by atoms with Crippen LogP contribution in [0.2, 0.25) is 0 Å². The average Bonchev–Trinajstić information content (AvgIpc) is 2.38. The van der Waals surface area contributed by atoms with Gasteiger partial charge < -0.3 is 0 Å². The van der Waals surface area contributed by atoms with Gasteiger partial charge in [-0.1, -0.05) is 36.4 Å². The summed E-state index contributed by atoms with van der Waals surface area (Å²) < 4.78 is 60.4. The fourth-order valence-electron chi connectivity index (χ4n) is 1.55. The molecule has 0 unspecified atom stereocenters. The molecule has 1 radical (unpaired) electrons. The van der Waals surface area contributed by atoms with Crippen LogP contribution in [0.4, 0.5) is 18.9 Å². The topological polar surface area (TPSA) is 46.2 Å². The van der Waals surface area contributed by atoms with Gasteiger partial charge in [0.15, 0.2) is 0 Å². The zero-order valence-corrected chi connectivity index (χ0v) is 10.8. The van der Waals surface area contributed by atoms with Crippen molar-refractivity contribution in [3.8, 4) is 11.1 Å². The van der Waals surface area contributed by atoms with E-state index in [1.54, 1.807) is 30.3 Å². The molecule has 0 fully saturated rings. The molecule has 0 aliphatic heterocycles. The Bertz CT molecular complexity index is 697. The van der Waals surface area contributed by atoms with Crippen LogP contribution in [0.25, 0.3) is 11.1 Å². The highest BCUT2D eigenvalue weighted by atomic mass is 32.2. The van der Waals surface area contributed by atoms with Gasteiger partial charge in [0.25, 0.3) is 0 Å². The van der Waals surface area contributed by atoms with Crippen molar-refractivity contribution in [3.05, 3.63) is 54.6 Å². The quantitative estimate of drug-likeness (QED) is 0.944. The fourth-order valence-corrected chi connectivity index (χ4v) is 2.11. The van der Waals surface area contributed by atoms with Crippen LogP contribution >= 0.6 is 0 Å². The highest BCUT2D eigenvalue weighted by Crippen LogP contribution is 2.27. The van der Waals surface area contributed by atoms with Gasteiger partial charge in [-0.05, 0) is 29.3 Å². The molecule has 2 aromatic rings. The highest BCUT2D eigenvalue weighted by Gasteiger charge is 2.46. The maximum atomic E-state index is 12.3. The van der Waals surface area contributed by atoms with Crippen molar-refractivity contribution in [3.63, 3.8) is 0 Å². The van der Waals surface area contributed by atoms with Crippen molar-refractivity contribution in [2.75, 3.05) is 4.72 Å². The van der Waals surface area contributed by atoms with E-state index in [4.69, 9.17) is 0 Å². The van der Waals surface area contributed by atoms with Crippen molar-refractivity contribution in [2.24, 2.45) is 0 Å². The van der Waals surface area contributed by atoms with E-state index in [0.29, 0.717) is 5.56 Å². The molecule has 0 bridgehead atoms. The summed E-state index contributed by atoms with van der Waals surface area (Å²) >= 11 is 0. The maximum absolute atomic E-state index is 12.3. The number of hydrogen-bond donors (Lipinski definition) is 1. The largest absolute Gasteiger partial charge is 0.516 e. The lowest BCUT2D eigenvalue weighted by Gasteiger charge is -2.11. The third-order valence-electron chi connectivity index (χ3n) is 2.47. The van der Waals surface area contributed by atoms with E-state index in [1.807, 2.05) is 0 Å². The Labute approximate surface area is 114 Å². The first-order valence-electron chi connectivity index (χ1n) is 5.45. The number of alkyl halides is 3. The number of anilines is 1. The summed E-state index contributed by atoms with van der Waals surface area (Å²) in [6, 6.07) is 15.3. The number of hydrogen-bond acceptors (Lipinski definition) is 2. The van der Waals surface area contributed by atoms with Crippen LogP contribution in [-0.2, 0) is 10.0 Å². The first-order chi connectivity index (χ1) is 9.29. The molecular formula is C13H9F3NO2S. The fraction of sp³-hybridized carbons (Fsp3) is 0.0769. The van der Waals surface area contributed by atoms with E-state index in [0.717, 1.165) is 5.56 Å². The summed E-state index contributed by atoms with van der Waals surface area (Å²) in [4.78, 5) is 0. The Morgan fingerprint density at radius 3 is 2.25 bits per heavy atom. The smallest absolute Gasteiger partial charge is 0.276 e. The molecule has 0 saturated heterocycles. The number of nitrogens with one attached hydrogen (secondary N) is 1. The maximum Gasteiger partial charge on any atom is 0.516 e. The van der Waals surface area contributed by atoms with Gasteiger partial charge in [-0.2, -0.15) is 21.6 Å². The first-order valence-corrected chi connectivity index (χ1v) is 6.93. The van der Waals surface area contributed by atoms with Gasteiger partial charge in [-0.15, -0.1) is 0 Å². The summed E-state index contributed by atoms with van der Waals surface area (Å²) in [6.07, 6.45) is 0. The molecule has 0 atom stereocenters. The molecule has 2 aromatic carbocycles. The molecule has 105 valence electrons. The molecule has 2 rings (SSSR count). The summed E-state index contributed by atoms with van der Waals surface area (Å²) in [5, 5.41) is 0. The number of rotatable bonds is 3. The third kappa shape index (κ3) is 3.11. The lowest BCUT2D eigenvalue weighted by atomic mass is 10.1. The standard InChI is InChI=1S/C13H9F3NO2S/c14-13(15,16)20(18,19)17-12-8-4-7-11(9-12)10-5-2-1-3-6-10/h2-9,17H. The monoisotopic (exact) mass is 300 g/mol. The van der Waals surface area contributed by atoms with Crippen LogP contribution in [0.1, 0.15) is 0 Å². The Hall–Kier alpha value is -2.02. The second-order valence-corrected chi connectivity index (χ2v) is 5.59. The Morgan fingerprint density at radius 1 is 1.00 bits per heavy atom. The van der Waals surface area contributed by atoms with E-state index < -0.39 is 15.5 Å². The van der Waals surface area contributed by atoms with Crippen molar-refractivity contribution < 1.29 is 21.6 Å². The second-order valence-electron chi connectivity index (χ2n) is 3.92. The second kappa shape index (κ2) is 5.16. The molecule has 3 nitrogen and oxygen atoms in total. The van der Waals surface area contributed by atoms with Gasteiger partial charge in [0, 0.05) is 5.69 Å². The summed E-state index contributed by atoms with van der Waals surface area (Å²) in [7, 11) is -5.41. The molecule has 0 amide bonds. The Kier molecular flexibility index (Phi) is 3.71. The van der Waals surface area contributed by atoms with Gasteiger partial charge >= 0.3 is 15.5 Å². The Balaban J connectivity index is 2.33. The molecule has 0 aliphatic carbocycles. The molecular weight excluding hydrogens is 291 g/mol. The number of sulfonamides is 1. The van der Waals surface area contributed by atoms with Crippen LogP contribution in [0.3, 0.4) is 0 Å². The molecule has 0 aromatic heterocycles. The number of halogens is 3. The Morgan fingerprint density at radius 2 is 1.65 bits per heavy atom. The van der Waals surface area contributed by atoms with Gasteiger partial charge in [0.05, 0.1) is 0 Å². The van der Waals surface area contributed by atoms with E-state index >= 15 is 0 Å². The minimum absolute atomic E-state index is 0.146. The van der Waals surface area contributed by atoms with Crippen LogP contribution in [0.5, 0.6) is 0 Å². The third-order valence-corrected chi connectivity index (χ3v) is 3.58. The SMILES string of the molecule is O=S(=O)(Nc1cccc(-c2cc[c]cc2)c1)C(F)(F)F. The molecule has 20 heavy (non-hydrogen) atoms. The molecule has 0 aliphatic rings. The predicted octanol–water partition coefficient (Wildman–Crippen LogP) is 3.42. The lowest BCUT2D eigenvalue weighted by Crippen LogP contribution is -2.29. The normalized spacial score (nSPS) is 12.2. The van der Waals surface area contributed by atoms with E-state index in [1.165, 1.54) is 22.9 Å². The molecule has 7 heteroatoms. The predicted molar refractivity (Wildman–Crippen MR) is 69.3 cm³/mol. The zero-order valence-electron chi connectivity index (χ0n) is 9.98. The molecule has 0 saturated carbocycles.